The molecule has 1 aromatic heterocycles. The van der Waals surface area contributed by atoms with E-state index in [1.165, 1.54) is 12.1 Å². The lowest BCUT2D eigenvalue weighted by Crippen LogP contribution is -2.36. The van der Waals surface area contributed by atoms with Gasteiger partial charge in [-0.2, -0.15) is 0 Å². The minimum absolute atomic E-state index is 0.0518. The molecular formula is C22H23ClFN3OS. The van der Waals surface area contributed by atoms with Crippen molar-refractivity contribution in [2.75, 3.05) is 0 Å². The van der Waals surface area contributed by atoms with Crippen LogP contribution in [0.3, 0.4) is 0 Å². The average Bonchev–Trinajstić information content (AvgIpc) is 3.12. The molecule has 3 N–H and O–H groups in total. The van der Waals surface area contributed by atoms with E-state index in [0.29, 0.717) is 12.6 Å². The van der Waals surface area contributed by atoms with E-state index in [1.54, 1.807) is 30.3 Å². The molecule has 1 saturated carbocycles. The monoisotopic (exact) mass is 431 g/mol. The van der Waals surface area contributed by atoms with Gasteiger partial charge in [-0.05, 0) is 67.5 Å². The van der Waals surface area contributed by atoms with Crippen molar-refractivity contribution in [2.24, 2.45) is 5.92 Å². The quantitative estimate of drug-likeness (QED) is 0.456. The molecule has 3 aromatic rings. The van der Waals surface area contributed by atoms with Crippen LogP contribution in [0.25, 0.3) is 10.9 Å². The maximum absolute atomic E-state index is 13.0. The van der Waals surface area contributed by atoms with Crippen LogP contribution < -0.4 is 10.0 Å². The molecule has 0 aliphatic heterocycles. The van der Waals surface area contributed by atoms with Crippen molar-refractivity contribution in [3.63, 3.8) is 0 Å². The molecule has 1 amide bonds. The van der Waals surface area contributed by atoms with Gasteiger partial charge in [0.15, 0.2) is 0 Å². The molecule has 0 spiro atoms. The number of aromatic nitrogens is 1. The van der Waals surface area contributed by atoms with E-state index >= 15 is 0 Å². The van der Waals surface area contributed by atoms with Gasteiger partial charge in [0.05, 0.1) is 5.02 Å². The number of aromatic amines is 1. The molecule has 1 aliphatic rings. The Balaban J connectivity index is 1.21. The summed E-state index contributed by atoms with van der Waals surface area (Å²) in [5.41, 5.74) is 1.94. The zero-order valence-electron chi connectivity index (χ0n) is 15.9. The highest BCUT2D eigenvalue weighted by atomic mass is 35.5. The molecular weight excluding hydrogens is 409 g/mol. The van der Waals surface area contributed by atoms with Crippen molar-refractivity contribution >= 4 is 40.4 Å². The van der Waals surface area contributed by atoms with Crippen molar-refractivity contribution in [3.8, 4) is 0 Å². The number of carbonyl (C=O) groups is 1. The summed E-state index contributed by atoms with van der Waals surface area (Å²) < 4.78 is 16.5. The van der Waals surface area contributed by atoms with Crippen LogP contribution in [0.15, 0.2) is 53.6 Å². The Morgan fingerprint density at radius 2 is 1.90 bits per heavy atom. The number of hydrogen-bond donors (Lipinski definition) is 3. The van der Waals surface area contributed by atoms with Gasteiger partial charge < -0.3 is 10.3 Å². The molecule has 0 radical (unpaired) electrons. The van der Waals surface area contributed by atoms with Crippen molar-refractivity contribution in [3.05, 3.63) is 65.1 Å². The van der Waals surface area contributed by atoms with Crippen LogP contribution in [0.1, 0.15) is 31.2 Å². The first-order valence-electron chi connectivity index (χ1n) is 9.79. The average molecular weight is 432 g/mol. The van der Waals surface area contributed by atoms with Crippen molar-refractivity contribution in [1.29, 1.82) is 0 Å². The second-order valence-electron chi connectivity index (χ2n) is 7.46. The fraction of sp³-hybridized carbons (Fsp3) is 0.318. The van der Waals surface area contributed by atoms with Crippen LogP contribution >= 0.6 is 23.5 Å². The van der Waals surface area contributed by atoms with Crippen LogP contribution in [0, 0.1) is 11.7 Å². The zero-order chi connectivity index (χ0) is 20.2. The predicted octanol–water partition coefficient (Wildman–Crippen LogP) is 5.43. The van der Waals surface area contributed by atoms with E-state index in [9.17, 15) is 9.18 Å². The standard InChI is InChI=1S/C22H23ClFN3OS/c23-20-13-25-21-11-18(9-10-19(20)21)29-27-17-7-3-15(4-8-17)22(28)26-12-14-1-5-16(24)6-2-14/h1-2,5-6,9-11,13,15,17,25,27H,3-4,7-8,12H2,(H,26,28). The number of fused-ring (bicyclic) bond motifs is 1. The smallest absolute Gasteiger partial charge is 0.223 e. The largest absolute Gasteiger partial charge is 0.360 e. The van der Waals surface area contributed by atoms with Gasteiger partial charge in [-0.1, -0.05) is 29.8 Å². The third-order valence-corrected chi connectivity index (χ3v) is 6.68. The molecule has 0 unspecified atom stereocenters. The van der Waals surface area contributed by atoms with E-state index in [0.717, 1.165) is 52.1 Å². The van der Waals surface area contributed by atoms with Crippen LogP contribution in [-0.4, -0.2) is 16.9 Å². The number of nitrogens with one attached hydrogen (secondary N) is 3. The number of hydrogen-bond acceptors (Lipinski definition) is 3. The van der Waals surface area contributed by atoms with E-state index in [4.69, 9.17) is 11.6 Å². The highest BCUT2D eigenvalue weighted by Crippen LogP contribution is 2.29. The Bertz CT molecular complexity index is 983. The van der Waals surface area contributed by atoms with Gasteiger partial charge in [0, 0.05) is 40.5 Å². The molecule has 152 valence electrons. The van der Waals surface area contributed by atoms with Gasteiger partial charge in [-0.25, -0.2) is 4.39 Å². The summed E-state index contributed by atoms with van der Waals surface area (Å²) in [6.45, 7) is 0.443. The van der Waals surface area contributed by atoms with Crippen LogP contribution in [-0.2, 0) is 11.3 Å². The second-order valence-corrected chi connectivity index (χ2v) is 8.78. The summed E-state index contributed by atoms with van der Waals surface area (Å²) in [6, 6.07) is 12.8. The van der Waals surface area contributed by atoms with Gasteiger partial charge >= 0.3 is 0 Å². The minimum atomic E-state index is -0.264. The normalized spacial score (nSPS) is 19.4. The Hall–Kier alpha value is -2.02. The lowest BCUT2D eigenvalue weighted by Gasteiger charge is -2.28. The Morgan fingerprint density at radius 3 is 2.66 bits per heavy atom. The number of H-pyrrole nitrogens is 1. The molecule has 1 heterocycles. The molecule has 0 bridgehead atoms. The van der Waals surface area contributed by atoms with Crippen LogP contribution in [0.4, 0.5) is 4.39 Å². The van der Waals surface area contributed by atoms with Crippen LogP contribution in [0.2, 0.25) is 5.02 Å². The van der Waals surface area contributed by atoms with Gasteiger partial charge in [-0.3, -0.25) is 9.52 Å². The highest BCUT2D eigenvalue weighted by molar-refractivity contribution is 7.97. The van der Waals surface area contributed by atoms with E-state index in [2.05, 4.69) is 27.2 Å². The molecule has 2 aromatic carbocycles. The fourth-order valence-corrected chi connectivity index (χ4v) is 4.76. The van der Waals surface area contributed by atoms with E-state index in [1.807, 2.05) is 6.07 Å². The van der Waals surface area contributed by atoms with Crippen molar-refractivity contribution in [2.45, 2.75) is 43.2 Å². The van der Waals surface area contributed by atoms with Gasteiger partial charge in [0.1, 0.15) is 5.82 Å². The topological polar surface area (TPSA) is 56.9 Å². The number of rotatable bonds is 6. The molecule has 7 heteroatoms. The van der Waals surface area contributed by atoms with E-state index in [-0.39, 0.29) is 17.6 Å². The molecule has 1 aliphatic carbocycles. The lowest BCUT2D eigenvalue weighted by molar-refractivity contribution is -0.126. The third kappa shape index (κ3) is 5.13. The van der Waals surface area contributed by atoms with Gasteiger partial charge in [0.2, 0.25) is 5.91 Å². The first kappa shape index (κ1) is 20.3. The predicted molar refractivity (Wildman–Crippen MR) is 116 cm³/mol. The van der Waals surface area contributed by atoms with Gasteiger partial charge in [0.25, 0.3) is 0 Å². The van der Waals surface area contributed by atoms with Crippen molar-refractivity contribution in [1.82, 2.24) is 15.0 Å². The van der Waals surface area contributed by atoms with Crippen LogP contribution in [0.5, 0.6) is 0 Å². The maximum Gasteiger partial charge on any atom is 0.223 e. The third-order valence-electron chi connectivity index (χ3n) is 5.42. The van der Waals surface area contributed by atoms with Crippen molar-refractivity contribution < 1.29 is 9.18 Å². The Morgan fingerprint density at radius 1 is 1.14 bits per heavy atom. The molecule has 0 saturated heterocycles. The molecule has 0 atom stereocenters. The summed E-state index contributed by atoms with van der Waals surface area (Å²) >= 11 is 7.75. The summed E-state index contributed by atoms with van der Waals surface area (Å²) in [6.07, 6.45) is 5.49. The highest BCUT2D eigenvalue weighted by Gasteiger charge is 2.26. The lowest BCUT2D eigenvalue weighted by atomic mass is 9.86. The maximum atomic E-state index is 13.0. The number of benzene rings is 2. The first-order chi connectivity index (χ1) is 14.1. The number of carbonyl (C=O) groups excluding carboxylic acids is 1. The molecule has 4 nitrogen and oxygen atoms in total. The molecule has 1 fully saturated rings. The summed E-state index contributed by atoms with van der Waals surface area (Å²) in [4.78, 5) is 16.7. The first-order valence-corrected chi connectivity index (χ1v) is 11.0. The number of amides is 1. The number of halogens is 2. The molecule has 29 heavy (non-hydrogen) atoms. The minimum Gasteiger partial charge on any atom is -0.360 e. The summed E-state index contributed by atoms with van der Waals surface area (Å²) in [5, 5.41) is 4.75. The second kappa shape index (κ2) is 9.20. The Labute approximate surface area is 178 Å². The van der Waals surface area contributed by atoms with E-state index < -0.39 is 0 Å². The van der Waals surface area contributed by atoms with Gasteiger partial charge in [-0.15, -0.1) is 0 Å². The fourth-order valence-electron chi connectivity index (χ4n) is 3.69. The SMILES string of the molecule is O=C(NCc1ccc(F)cc1)C1CCC(NSc2ccc3c(Cl)c[nH]c3c2)CC1. The summed E-state index contributed by atoms with van der Waals surface area (Å²) in [7, 11) is 0. The molecule has 4 rings (SSSR count). The Kier molecular flexibility index (Phi) is 6.43. The summed E-state index contributed by atoms with van der Waals surface area (Å²) in [5.74, 6) is -0.120. The zero-order valence-corrected chi connectivity index (χ0v) is 17.5.